The Labute approximate surface area is 139 Å². The molecule has 2 N–H and O–H groups in total. The Kier molecular flexibility index (Phi) is 4.48. The van der Waals surface area contributed by atoms with E-state index >= 15 is 0 Å². The van der Waals surface area contributed by atoms with Crippen LogP contribution in [0.15, 0.2) is 48.9 Å². The summed E-state index contributed by atoms with van der Waals surface area (Å²) in [6.07, 6.45) is 5.35. The van der Waals surface area contributed by atoms with Crippen LogP contribution in [-0.2, 0) is 0 Å². The van der Waals surface area contributed by atoms with Gasteiger partial charge in [-0.1, -0.05) is 29.8 Å². The highest BCUT2D eigenvalue weighted by atomic mass is 35.5. The molecule has 0 radical (unpaired) electrons. The number of aromatic amines is 1. The molecular formula is C17H17ClN4O. The van der Waals surface area contributed by atoms with Crippen molar-refractivity contribution in [2.45, 2.75) is 13.0 Å². The number of nitrogens with zero attached hydrogens (tertiary/aromatic N) is 2. The second-order valence-corrected chi connectivity index (χ2v) is 5.55. The normalized spacial score (nSPS) is 12.0. The molecule has 0 bridgehead atoms. The third-order valence-electron chi connectivity index (χ3n) is 3.68. The van der Waals surface area contributed by atoms with E-state index in [0.717, 1.165) is 22.4 Å². The molecule has 3 aromatic rings. The first-order valence-electron chi connectivity index (χ1n) is 7.20. The highest BCUT2D eigenvalue weighted by Crippen LogP contribution is 2.35. The SMILES string of the molecule is COc1nccc(C)c1NC(c1cn[nH]c1)c1ccccc1Cl. The Balaban J connectivity index is 2.07. The van der Waals surface area contributed by atoms with Crippen molar-refractivity contribution >= 4 is 17.3 Å². The predicted molar refractivity (Wildman–Crippen MR) is 91.0 cm³/mol. The zero-order valence-electron chi connectivity index (χ0n) is 12.9. The van der Waals surface area contributed by atoms with Crippen molar-refractivity contribution in [2.24, 2.45) is 0 Å². The molecule has 0 saturated heterocycles. The van der Waals surface area contributed by atoms with Gasteiger partial charge >= 0.3 is 0 Å². The summed E-state index contributed by atoms with van der Waals surface area (Å²) >= 11 is 6.40. The topological polar surface area (TPSA) is 62.8 Å². The maximum atomic E-state index is 6.40. The third-order valence-corrected chi connectivity index (χ3v) is 4.02. The van der Waals surface area contributed by atoms with Gasteiger partial charge in [0.15, 0.2) is 0 Å². The van der Waals surface area contributed by atoms with E-state index in [2.05, 4.69) is 20.5 Å². The van der Waals surface area contributed by atoms with Gasteiger partial charge < -0.3 is 10.1 Å². The lowest BCUT2D eigenvalue weighted by Gasteiger charge is -2.22. The van der Waals surface area contributed by atoms with Crippen LogP contribution in [0.3, 0.4) is 0 Å². The van der Waals surface area contributed by atoms with Gasteiger partial charge in [-0.05, 0) is 30.2 Å². The van der Waals surface area contributed by atoms with Crippen LogP contribution in [0, 0.1) is 6.92 Å². The molecule has 1 atom stereocenters. The van der Waals surface area contributed by atoms with Gasteiger partial charge in [0.05, 0.1) is 19.3 Å². The summed E-state index contributed by atoms with van der Waals surface area (Å²) < 4.78 is 5.38. The van der Waals surface area contributed by atoms with Crippen LogP contribution in [0.2, 0.25) is 5.02 Å². The van der Waals surface area contributed by atoms with Crippen LogP contribution in [0.4, 0.5) is 5.69 Å². The molecule has 6 heteroatoms. The van der Waals surface area contributed by atoms with Gasteiger partial charge in [-0.2, -0.15) is 5.10 Å². The van der Waals surface area contributed by atoms with E-state index in [4.69, 9.17) is 16.3 Å². The lowest BCUT2D eigenvalue weighted by molar-refractivity contribution is 0.399. The summed E-state index contributed by atoms with van der Waals surface area (Å²) in [5.41, 5.74) is 3.81. The van der Waals surface area contributed by atoms with E-state index in [0.29, 0.717) is 10.9 Å². The number of H-pyrrole nitrogens is 1. The smallest absolute Gasteiger partial charge is 0.237 e. The van der Waals surface area contributed by atoms with Gasteiger partial charge in [0.2, 0.25) is 5.88 Å². The molecule has 1 unspecified atom stereocenters. The molecule has 0 amide bonds. The number of ether oxygens (including phenoxy) is 1. The van der Waals surface area contributed by atoms with Crippen LogP contribution in [0.5, 0.6) is 5.88 Å². The molecule has 0 spiro atoms. The van der Waals surface area contributed by atoms with E-state index in [9.17, 15) is 0 Å². The minimum absolute atomic E-state index is 0.167. The summed E-state index contributed by atoms with van der Waals surface area (Å²) in [7, 11) is 1.61. The number of nitrogens with one attached hydrogen (secondary N) is 2. The summed E-state index contributed by atoms with van der Waals surface area (Å²) in [6.45, 7) is 2.01. The van der Waals surface area contributed by atoms with Crippen LogP contribution in [0.1, 0.15) is 22.7 Å². The van der Waals surface area contributed by atoms with Crippen molar-refractivity contribution in [3.63, 3.8) is 0 Å². The lowest BCUT2D eigenvalue weighted by Crippen LogP contribution is -2.14. The first kappa shape index (κ1) is 15.4. The number of hydrogen-bond donors (Lipinski definition) is 2. The van der Waals surface area contributed by atoms with E-state index in [1.807, 2.05) is 43.5 Å². The molecule has 0 aliphatic rings. The third kappa shape index (κ3) is 3.14. The van der Waals surface area contributed by atoms with Gasteiger partial charge in [-0.3, -0.25) is 5.10 Å². The summed E-state index contributed by atoms with van der Waals surface area (Å²) in [5.74, 6) is 0.547. The number of aryl methyl sites for hydroxylation is 1. The second kappa shape index (κ2) is 6.71. The first-order chi connectivity index (χ1) is 11.2. The Morgan fingerprint density at radius 3 is 2.78 bits per heavy atom. The fourth-order valence-electron chi connectivity index (χ4n) is 2.48. The number of aromatic nitrogens is 3. The van der Waals surface area contributed by atoms with Gasteiger partial charge in [0.1, 0.15) is 5.69 Å². The van der Waals surface area contributed by atoms with Crippen molar-refractivity contribution in [3.8, 4) is 5.88 Å². The Bertz CT molecular complexity index is 789. The lowest BCUT2D eigenvalue weighted by atomic mass is 10.0. The van der Waals surface area contributed by atoms with Crippen molar-refractivity contribution in [2.75, 3.05) is 12.4 Å². The Morgan fingerprint density at radius 1 is 1.26 bits per heavy atom. The molecule has 2 aromatic heterocycles. The van der Waals surface area contributed by atoms with Crippen LogP contribution >= 0.6 is 11.6 Å². The molecule has 23 heavy (non-hydrogen) atoms. The minimum Gasteiger partial charge on any atom is -0.480 e. The number of rotatable bonds is 5. The molecule has 3 rings (SSSR count). The van der Waals surface area contributed by atoms with Crippen molar-refractivity contribution in [1.29, 1.82) is 0 Å². The molecule has 118 valence electrons. The number of methoxy groups -OCH3 is 1. The largest absolute Gasteiger partial charge is 0.480 e. The van der Waals surface area contributed by atoms with Gasteiger partial charge in [-0.15, -0.1) is 0 Å². The number of anilines is 1. The summed E-state index contributed by atoms with van der Waals surface area (Å²) in [4.78, 5) is 4.27. The number of benzene rings is 1. The van der Waals surface area contributed by atoms with E-state index in [1.54, 1.807) is 19.5 Å². The van der Waals surface area contributed by atoms with Crippen molar-refractivity contribution in [1.82, 2.24) is 15.2 Å². The fraction of sp³-hybridized carbons (Fsp3) is 0.176. The Hall–Kier alpha value is -2.53. The van der Waals surface area contributed by atoms with Crippen molar-refractivity contribution in [3.05, 3.63) is 70.6 Å². The van der Waals surface area contributed by atoms with Crippen LogP contribution < -0.4 is 10.1 Å². The molecular weight excluding hydrogens is 312 g/mol. The van der Waals surface area contributed by atoms with E-state index in [1.165, 1.54) is 0 Å². The summed E-state index contributed by atoms with van der Waals surface area (Å²) in [5, 5.41) is 11.1. The first-order valence-corrected chi connectivity index (χ1v) is 7.57. The molecule has 0 saturated carbocycles. The van der Waals surface area contributed by atoms with Gasteiger partial charge in [0, 0.05) is 23.0 Å². The number of hydrogen-bond acceptors (Lipinski definition) is 4. The fourth-order valence-corrected chi connectivity index (χ4v) is 2.72. The van der Waals surface area contributed by atoms with Gasteiger partial charge in [-0.25, -0.2) is 4.98 Å². The van der Waals surface area contributed by atoms with Crippen molar-refractivity contribution < 1.29 is 4.74 Å². The highest BCUT2D eigenvalue weighted by Gasteiger charge is 2.20. The zero-order valence-corrected chi connectivity index (χ0v) is 13.6. The van der Waals surface area contributed by atoms with Crippen LogP contribution in [0.25, 0.3) is 0 Å². The molecule has 1 aromatic carbocycles. The summed E-state index contributed by atoms with van der Waals surface area (Å²) in [6, 6.07) is 9.50. The quantitative estimate of drug-likeness (QED) is 0.743. The second-order valence-electron chi connectivity index (χ2n) is 5.14. The molecule has 2 heterocycles. The highest BCUT2D eigenvalue weighted by molar-refractivity contribution is 6.31. The molecule has 0 fully saturated rings. The van der Waals surface area contributed by atoms with E-state index in [-0.39, 0.29) is 6.04 Å². The molecule has 5 nitrogen and oxygen atoms in total. The maximum Gasteiger partial charge on any atom is 0.237 e. The number of halogens is 1. The molecule has 0 aliphatic heterocycles. The Morgan fingerprint density at radius 2 is 2.09 bits per heavy atom. The average Bonchev–Trinajstić information content (AvgIpc) is 3.09. The van der Waals surface area contributed by atoms with E-state index < -0.39 is 0 Å². The monoisotopic (exact) mass is 328 g/mol. The maximum absolute atomic E-state index is 6.40. The standard InChI is InChI=1S/C17H17ClN4O/c1-11-7-8-19-17(23-2)15(11)22-16(12-9-20-21-10-12)13-5-3-4-6-14(13)18/h3-10,16,22H,1-2H3,(H,20,21). The van der Waals surface area contributed by atoms with Crippen LogP contribution in [-0.4, -0.2) is 22.3 Å². The minimum atomic E-state index is -0.167. The predicted octanol–water partition coefficient (Wildman–Crippen LogP) is 3.98. The number of pyridine rings is 1. The average molecular weight is 329 g/mol. The zero-order chi connectivity index (χ0) is 16.2. The van der Waals surface area contributed by atoms with Gasteiger partial charge in [0.25, 0.3) is 0 Å². The molecule has 0 aliphatic carbocycles.